The van der Waals surface area contributed by atoms with Gasteiger partial charge < -0.3 is 19.7 Å². The molecule has 1 aromatic heterocycles. The van der Waals surface area contributed by atoms with E-state index < -0.39 is 0 Å². The van der Waals surface area contributed by atoms with Crippen molar-refractivity contribution in [2.75, 3.05) is 23.9 Å². The van der Waals surface area contributed by atoms with Crippen LogP contribution in [-0.2, 0) is 4.79 Å². The molecule has 3 aromatic rings. The number of rotatable bonds is 5. The van der Waals surface area contributed by atoms with Crippen molar-refractivity contribution in [1.82, 2.24) is 4.98 Å². The lowest BCUT2D eigenvalue weighted by atomic mass is 10.1. The van der Waals surface area contributed by atoms with Crippen LogP contribution in [0.15, 0.2) is 67.0 Å². The van der Waals surface area contributed by atoms with Gasteiger partial charge in [0.25, 0.3) is 5.91 Å². The minimum Gasteiger partial charge on any atom is -0.483 e. The topological polar surface area (TPSA) is 63.7 Å². The Morgan fingerprint density at radius 1 is 1.18 bits per heavy atom. The predicted molar refractivity (Wildman–Crippen MR) is 108 cm³/mol. The molecule has 1 aliphatic rings. The first-order valence-corrected chi connectivity index (χ1v) is 9.03. The number of fused-ring (bicyclic) bond motifs is 1. The SMILES string of the molecule is Cc1ccccc1OCC(=O)Nc1ccc(C2Oc3ccncc3N2C)cc1. The van der Waals surface area contributed by atoms with Crippen LogP contribution in [0.4, 0.5) is 11.4 Å². The molecule has 0 saturated heterocycles. The van der Waals surface area contributed by atoms with Crippen molar-refractivity contribution in [2.24, 2.45) is 0 Å². The molecule has 2 heterocycles. The Morgan fingerprint density at radius 2 is 1.96 bits per heavy atom. The number of nitrogens with zero attached hydrogens (tertiary/aromatic N) is 2. The van der Waals surface area contributed by atoms with Crippen molar-refractivity contribution in [3.05, 3.63) is 78.1 Å². The number of aromatic nitrogens is 1. The van der Waals surface area contributed by atoms with Gasteiger partial charge in [-0.1, -0.05) is 30.3 Å². The van der Waals surface area contributed by atoms with Gasteiger partial charge in [0.05, 0.1) is 6.20 Å². The van der Waals surface area contributed by atoms with E-state index in [4.69, 9.17) is 9.47 Å². The average molecular weight is 375 g/mol. The van der Waals surface area contributed by atoms with Crippen molar-refractivity contribution in [2.45, 2.75) is 13.2 Å². The molecule has 0 aliphatic carbocycles. The molecule has 0 saturated carbocycles. The summed E-state index contributed by atoms with van der Waals surface area (Å²) in [5.74, 6) is 1.32. The van der Waals surface area contributed by atoms with E-state index in [1.165, 1.54) is 0 Å². The van der Waals surface area contributed by atoms with E-state index in [1.54, 1.807) is 12.4 Å². The monoisotopic (exact) mass is 375 g/mol. The molecule has 2 aromatic carbocycles. The van der Waals surface area contributed by atoms with E-state index in [2.05, 4.69) is 10.3 Å². The second-order valence-electron chi connectivity index (χ2n) is 6.65. The molecule has 0 radical (unpaired) electrons. The first-order chi connectivity index (χ1) is 13.6. The number of benzene rings is 2. The molecule has 1 atom stereocenters. The lowest BCUT2D eigenvalue weighted by Gasteiger charge is -2.20. The van der Waals surface area contributed by atoms with Gasteiger partial charge in [-0.3, -0.25) is 9.78 Å². The smallest absolute Gasteiger partial charge is 0.262 e. The summed E-state index contributed by atoms with van der Waals surface area (Å²) in [5.41, 5.74) is 3.66. The molecular weight excluding hydrogens is 354 g/mol. The number of anilines is 2. The molecule has 0 spiro atoms. The zero-order valence-electron chi connectivity index (χ0n) is 15.8. The van der Waals surface area contributed by atoms with Crippen molar-refractivity contribution in [3.63, 3.8) is 0 Å². The van der Waals surface area contributed by atoms with Crippen molar-refractivity contribution < 1.29 is 14.3 Å². The van der Waals surface area contributed by atoms with Crippen molar-refractivity contribution >= 4 is 17.3 Å². The maximum Gasteiger partial charge on any atom is 0.262 e. The van der Waals surface area contributed by atoms with Gasteiger partial charge in [0.2, 0.25) is 0 Å². The Hall–Kier alpha value is -3.54. The summed E-state index contributed by atoms with van der Waals surface area (Å²) in [6.45, 7) is 1.91. The van der Waals surface area contributed by atoms with E-state index in [9.17, 15) is 4.79 Å². The van der Waals surface area contributed by atoms with E-state index in [-0.39, 0.29) is 18.7 Å². The normalized spacial score (nSPS) is 14.9. The summed E-state index contributed by atoms with van der Waals surface area (Å²) in [5, 5.41) is 2.85. The summed E-state index contributed by atoms with van der Waals surface area (Å²) >= 11 is 0. The Bertz CT molecular complexity index is 988. The standard InChI is InChI=1S/C22H21N3O3/c1-15-5-3-4-6-19(15)27-14-21(26)24-17-9-7-16(8-10-17)22-25(2)18-13-23-12-11-20(18)28-22/h3-13,22H,14H2,1-2H3,(H,24,26). The summed E-state index contributed by atoms with van der Waals surface area (Å²) in [7, 11) is 1.97. The minimum atomic E-state index is -0.214. The van der Waals surface area contributed by atoms with E-state index >= 15 is 0 Å². The van der Waals surface area contributed by atoms with Gasteiger partial charge in [-0.15, -0.1) is 0 Å². The number of amides is 1. The van der Waals surface area contributed by atoms with Crippen LogP contribution in [0.25, 0.3) is 0 Å². The zero-order valence-corrected chi connectivity index (χ0v) is 15.8. The van der Waals surface area contributed by atoms with E-state index in [0.29, 0.717) is 11.4 Å². The fraction of sp³-hybridized carbons (Fsp3) is 0.182. The number of para-hydroxylation sites is 1. The summed E-state index contributed by atoms with van der Waals surface area (Å²) < 4.78 is 11.6. The van der Waals surface area contributed by atoms with Gasteiger partial charge in [-0.05, 0) is 30.7 Å². The maximum atomic E-state index is 12.2. The van der Waals surface area contributed by atoms with Crippen LogP contribution in [0.5, 0.6) is 11.5 Å². The molecule has 6 nitrogen and oxygen atoms in total. The molecule has 1 unspecified atom stereocenters. The van der Waals surface area contributed by atoms with Crippen molar-refractivity contribution in [1.29, 1.82) is 0 Å². The molecular formula is C22H21N3O3. The second-order valence-corrected chi connectivity index (χ2v) is 6.65. The zero-order chi connectivity index (χ0) is 19.5. The maximum absolute atomic E-state index is 12.2. The molecule has 0 fully saturated rings. The first-order valence-electron chi connectivity index (χ1n) is 9.03. The molecule has 142 valence electrons. The highest BCUT2D eigenvalue weighted by Crippen LogP contribution is 2.41. The van der Waals surface area contributed by atoms with Crippen LogP contribution in [0.3, 0.4) is 0 Å². The van der Waals surface area contributed by atoms with Crippen LogP contribution in [0.2, 0.25) is 0 Å². The summed E-state index contributed by atoms with van der Waals surface area (Å²) in [6.07, 6.45) is 3.29. The first kappa shape index (κ1) is 17.9. The Balaban J connectivity index is 1.36. The lowest BCUT2D eigenvalue weighted by molar-refractivity contribution is -0.118. The fourth-order valence-electron chi connectivity index (χ4n) is 3.15. The number of aryl methyl sites for hydroxylation is 1. The van der Waals surface area contributed by atoms with E-state index in [0.717, 1.165) is 22.6 Å². The number of nitrogens with one attached hydrogen (secondary N) is 1. The van der Waals surface area contributed by atoms with Crippen LogP contribution in [0.1, 0.15) is 17.4 Å². The van der Waals surface area contributed by atoms with Gasteiger partial charge in [-0.25, -0.2) is 0 Å². The Labute approximate surface area is 163 Å². The quantitative estimate of drug-likeness (QED) is 0.732. The summed E-state index contributed by atoms with van der Waals surface area (Å²) in [6, 6.07) is 17.1. The van der Waals surface area contributed by atoms with Gasteiger partial charge in [0.1, 0.15) is 17.2 Å². The number of hydrogen-bond acceptors (Lipinski definition) is 5. The van der Waals surface area contributed by atoms with Gasteiger partial charge >= 0.3 is 0 Å². The van der Waals surface area contributed by atoms with E-state index in [1.807, 2.05) is 73.5 Å². The molecule has 28 heavy (non-hydrogen) atoms. The number of ether oxygens (including phenoxy) is 2. The minimum absolute atomic E-state index is 0.0383. The van der Waals surface area contributed by atoms with Crippen LogP contribution >= 0.6 is 0 Å². The highest BCUT2D eigenvalue weighted by Gasteiger charge is 2.29. The Morgan fingerprint density at radius 3 is 2.71 bits per heavy atom. The highest BCUT2D eigenvalue weighted by molar-refractivity contribution is 5.91. The second kappa shape index (κ2) is 7.60. The number of hydrogen-bond donors (Lipinski definition) is 1. The largest absolute Gasteiger partial charge is 0.483 e. The molecule has 6 heteroatoms. The predicted octanol–water partition coefficient (Wildman–Crippen LogP) is 3.93. The van der Waals surface area contributed by atoms with Crippen LogP contribution in [-0.4, -0.2) is 24.5 Å². The van der Waals surface area contributed by atoms with Crippen LogP contribution < -0.4 is 19.7 Å². The summed E-state index contributed by atoms with van der Waals surface area (Å²) in [4.78, 5) is 18.3. The third-order valence-corrected chi connectivity index (χ3v) is 4.66. The molecule has 1 amide bonds. The molecule has 4 rings (SSSR count). The number of carbonyl (C=O) groups excluding carboxylic acids is 1. The molecule has 1 aliphatic heterocycles. The number of carbonyl (C=O) groups is 1. The van der Waals surface area contributed by atoms with Crippen LogP contribution in [0, 0.1) is 6.92 Å². The lowest BCUT2D eigenvalue weighted by Crippen LogP contribution is -2.23. The number of pyridine rings is 1. The fourth-order valence-corrected chi connectivity index (χ4v) is 3.15. The third-order valence-electron chi connectivity index (χ3n) is 4.66. The Kier molecular flexibility index (Phi) is 4.85. The third kappa shape index (κ3) is 3.62. The molecule has 0 bridgehead atoms. The van der Waals surface area contributed by atoms with Crippen molar-refractivity contribution in [3.8, 4) is 11.5 Å². The van der Waals surface area contributed by atoms with Gasteiger partial charge in [-0.2, -0.15) is 0 Å². The van der Waals surface area contributed by atoms with Gasteiger partial charge in [0, 0.05) is 30.6 Å². The highest BCUT2D eigenvalue weighted by atomic mass is 16.5. The average Bonchev–Trinajstić information content (AvgIpc) is 3.05. The molecule has 1 N–H and O–H groups in total. The van der Waals surface area contributed by atoms with Gasteiger partial charge in [0.15, 0.2) is 12.8 Å².